The van der Waals surface area contributed by atoms with Gasteiger partial charge in [-0.15, -0.1) is 11.3 Å². The molecule has 76 valence electrons. The molecule has 0 atom stereocenters. The molecule has 0 spiro atoms. The van der Waals surface area contributed by atoms with E-state index in [1.54, 1.807) is 29.5 Å². The molecule has 2 nitrogen and oxygen atoms in total. The van der Waals surface area contributed by atoms with E-state index < -0.39 is 0 Å². The molecule has 2 aromatic rings. The lowest BCUT2D eigenvalue weighted by molar-refractivity contribution is 0.102. The van der Waals surface area contributed by atoms with E-state index >= 15 is 0 Å². The van der Waals surface area contributed by atoms with Crippen molar-refractivity contribution in [1.29, 1.82) is 0 Å². The van der Waals surface area contributed by atoms with Gasteiger partial charge in [0.1, 0.15) is 5.76 Å². The van der Waals surface area contributed by atoms with Crippen LogP contribution in [0.1, 0.15) is 21.2 Å². The van der Waals surface area contributed by atoms with Gasteiger partial charge in [-0.2, -0.15) is 0 Å². The van der Waals surface area contributed by atoms with Gasteiger partial charge in [0.05, 0.1) is 0 Å². The summed E-state index contributed by atoms with van der Waals surface area (Å²) in [4.78, 5) is 12.6. The Morgan fingerprint density at radius 1 is 1.40 bits per heavy atom. The molecule has 0 bridgehead atoms. The first-order valence-electron chi connectivity index (χ1n) is 4.58. The summed E-state index contributed by atoms with van der Waals surface area (Å²) in [5, 5.41) is 1.97. The Labute approximate surface area is 91.9 Å². The molecule has 2 rings (SSSR count). The summed E-state index contributed by atoms with van der Waals surface area (Å²) < 4.78 is 5.22. The molecule has 0 aliphatic carbocycles. The van der Waals surface area contributed by atoms with Crippen molar-refractivity contribution in [3.05, 3.63) is 52.1 Å². The average Bonchev–Trinajstić information content (AvgIpc) is 2.84. The molecule has 0 saturated carbocycles. The third kappa shape index (κ3) is 2.44. The van der Waals surface area contributed by atoms with Crippen molar-refractivity contribution in [2.75, 3.05) is 0 Å². The van der Waals surface area contributed by atoms with E-state index in [0.717, 1.165) is 10.6 Å². The van der Waals surface area contributed by atoms with E-state index in [2.05, 4.69) is 0 Å². The molecule has 15 heavy (non-hydrogen) atoms. The van der Waals surface area contributed by atoms with Crippen LogP contribution in [0.3, 0.4) is 0 Å². The minimum Gasteiger partial charge on any atom is -0.458 e. The fourth-order valence-electron chi connectivity index (χ4n) is 1.19. The third-order valence-electron chi connectivity index (χ3n) is 1.93. The number of hydrogen-bond donors (Lipinski definition) is 0. The number of aryl methyl sites for hydroxylation is 1. The lowest BCUT2D eigenvalue weighted by atomic mass is 10.2. The smallest absolute Gasteiger partial charge is 0.221 e. The predicted molar refractivity (Wildman–Crippen MR) is 61.1 cm³/mol. The molecule has 0 fully saturated rings. The van der Waals surface area contributed by atoms with Crippen LogP contribution in [0.2, 0.25) is 0 Å². The number of carbonyl (C=O) groups is 1. The van der Waals surface area contributed by atoms with E-state index in [0.29, 0.717) is 5.76 Å². The van der Waals surface area contributed by atoms with Crippen LogP contribution >= 0.6 is 11.3 Å². The maximum atomic E-state index is 11.6. The highest BCUT2D eigenvalue weighted by atomic mass is 32.1. The number of hydrogen-bond acceptors (Lipinski definition) is 3. The monoisotopic (exact) mass is 218 g/mol. The van der Waals surface area contributed by atoms with Gasteiger partial charge in [-0.3, -0.25) is 4.79 Å². The fraction of sp³-hybridized carbons (Fsp3) is 0.0833. The molecule has 0 unspecified atom stereocenters. The highest BCUT2D eigenvalue weighted by molar-refractivity contribution is 7.10. The zero-order valence-electron chi connectivity index (χ0n) is 8.27. The lowest BCUT2D eigenvalue weighted by Gasteiger charge is -1.87. The van der Waals surface area contributed by atoms with Crippen molar-refractivity contribution in [2.24, 2.45) is 0 Å². The fourth-order valence-corrected chi connectivity index (χ4v) is 1.81. The molecule has 0 radical (unpaired) electrons. The van der Waals surface area contributed by atoms with E-state index in [1.165, 1.54) is 6.08 Å². The van der Waals surface area contributed by atoms with Crippen LogP contribution in [0.5, 0.6) is 0 Å². The Morgan fingerprint density at radius 2 is 2.27 bits per heavy atom. The highest BCUT2D eigenvalue weighted by Crippen LogP contribution is 2.12. The summed E-state index contributed by atoms with van der Waals surface area (Å²) in [6.07, 6.45) is 3.33. The van der Waals surface area contributed by atoms with E-state index in [4.69, 9.17) is 4.42 Å². The number of furan rings is 1. The standard InChI is InChI=1S/C12H10O2S/c1-9-4-7-12(14-9)11(13)6-5-10-3-2-8-15-10/h2-8H,1H3/b6-5+. The third-order valence-corrected chi connectivity index (χ3v) is 2.76. The van der Waals surface area contributed by atoms with Gasteiger partial charge in [-0.1, -0.05) is 6.07 Å². The summed E-state index contributed by atoms with van der Waals surface area (Å²) in [6.45, 7) is 1.82. The van der Waals surface area contributed by atoms with Crippen molar-refractivity contribution in [2.45, 2.75) is 6.92 Å². The molecule has 3 heteroatoms. The SMILES string of the molecule is Cc1ccc(C(=O)/C=C/c2cccs2)o1. The van der Waals surface area contributed by atoms with E-state index in [1.807, 2.05) is 24.4 Å². The summed E-state index contributed by atoms with van der Waals surface area (Å²) >= 11 is 1.60. The summed E-state index contributed by atoms with van der Waals surface area (Å²) in [5.74, 6) is 1.04. The Morgan fingerprint density at radius 3 is 2.87 bits per heavy atom. The van der Waals surface area contributed by atoms with Crippen LogP contribution in [-0.2, 0) is 0 Å². The highest BCUT2D eigenvalue weighted by Gasteiger charge is 2.05. The molecule has 2 aromatic heterocycles. The number of carbonyl (C=O) groups excluding carboxylic acids is 1. The predicted octanol–water partition coefficient (Wildman–Crippen LogP) is 3.55. The first-order valence-corrected chi connectivity index (χ1v) is 5.46. The van der Waals surface area contributed by atoms with Crippen LogP contribution in [0.25, 0.3) is 6.08 Å². The largest absolute Gasteiger partial charge is 0.458 e. The Kier molecular flexibility index (Phi) is 2.83. The molecule has 0 saturated heterocycles. The van der Waals surface area contributed by atoms with Gasteiger partial charge >= 0.3 is 0 Å². The second-order valence-electron chi connectivity index (χ2n) is 3.12. The number of thiophene rings is 1. The molecular formula is C12H10O2S. The van der Waals surface area contributed by atoms with E-state index in [9.17, 15) is 4.79 Å². The average molecular weight is 218 g/mol. The number of allylic oxidation sites excluding steroid dienone is 1. The Balaban J connectivity index is 2.10. The van der Waals surface area contributed by atoms with Gasteiger partial charge in [0.2, 0.25) is 5.78 Å². The Hall–Kier alpha value is -1.61. The number of rotatable bonds is 3. The van der Waals surface area contributed by atoms with Crippen LogP contribution in [0.15, 0.2) is 40.1 Å². The summed E-state index contributed by atoms with van der Waals surface area (Å²) in [6, 6.07) is 7.39. The van der Waals surface area contributed by atoms with Crippen molar-refractivity contribution >= 4 is 23.2 Å². The Bertz CT molecular complexity index is 477. The van der Waals surface area contributed by atoms with Gasteiger partial charge in [-0.25, -0.2) is 0 Å². The van der Waals surface area contributed by atoms with Gasteiger partial charge in [0, 0.05) is 4.88 Å². The van der Waals surface area contributed by atoms with Crippen molar-refractivity contribution < 1.29 is 9.21 Å². The first kappa shape index (κ1) is 9.93. The zero-order chi connectivity index (χ0) is 10.7. The van der Waals surface area contributed by atoms with Crippen LogP contribution in [0, 0.1) is 6.92 Å². The van der Waals surface area contributed by atoms with Crippen LogP contribution in [-0.4, -0.2) is 5.78 Å². The van der Waals surface area contributed by atoms with E-state index in [-0.39, 0.29) is 5.78 Å². The number of ketones is 1. The summed E-state index contributed by atoms with van der Waals surface area (Å²) in [5.41, 5.74) is 0. The van der Waals surface area contributed by atoms with Crippen molar-refractivity contribution in [3.8, 4) is 0 Å². The molecule has 2 heterocycles. The topological polar surface area (TPSA) is 30.2 Å². The second kappa shape index (κ2) is 4.28. The summed E-state index contributed by atoms with van der Waals surface area (Å²) in [7, 11) is 0. The molecule has 0 N–H and O–H groups in total. The molecule has 0 aromatic carbocycles. The lowest BCUT2D eigenvalue weighted by Crippen LogP contribution is -1.89. The normalized spacial score (nSPS) is 11.0. The minimum absolute atomic E-state index is 0.100. The van der Waals surface area contributed by atoms with Gasteiger partial charge in [-0.05, 0) is 42.7 Å². The van der Waals surface area contributed by atoms with Crippen molar-refractivity contribution in [1.82, 2.24) is 0 Å². The first-order chi connectivity index (χ1) is 7.25. The van der Waals surface area contributed by atoms with Gasteiger partial charge < -0.3 is 4.42 Å². The molecule has 0 amide bonds. The molecular weight excluding hydrogens is 208 g/mol. The molecule has 0 aliphatic rings. The maximum Gasteiger partial charge on any atom is 0.221 e. The van der Waals surface area contributed by atoms with Crippen LogP contribution in [0.4, 0.5) is 0 Å². The molecule has 0 aliphatic heterocycles. The maximum absolute atomic E-state index is 11.6. The zero-order valence-corrected chi connectivity index (χ0v) is 9.08. The van der Waals surface area contributed by atoms with Gasteiger partial charge in [0.15, 0.2) is 5.76 Å². The van der Waals surface area contributed by atoms with Crippen molar-refractivity contribution in [3.63, 3.8) is 0 Å². The van der Waals surface area contributed by atoms with Gasteiger partial charge in [0.25, 0.3) is 0 Å². The minimum atomic E-state index is -0.100. The second-order valence-corrected chi connectivity index (χ2v) is 4.10. The quantitative estimate of drug-likeness (QED) is 0.582. The van der Waals surface area contributed by atoms with Crippen LogP contribution < -0.4 is 0 Å².